The first kappa shape index (κ1) is 24.7. The van der Waals surface area contributed by atoms with Gasteiger partial charge in [0.05, 0.1) is 29.5 Å². The van der Waals surface area contributed by atoms with Crippen molar-refractivity contribution in [3.8, 4) is 5.88 Å². The quantitative estimate of drug-likeness (QED) is 0.456. The highest BCUT2D eigenvalue weighted by atomic mass is 16.5. The zero-order chi connectivity index (χ0) is 24.8. The fraction of sp³-hybridized carbons (Fsp3) is 0.462. The van der Waals surface area contributed by atoms with Crippen LogP contribution in [0.5, 0.6) is 5.88 Å². The number of hydrogen-bond acceptors (Lipinski definition) is 7. The molecule has 4 heterocycles. The Morgan fingerprint density at radius 2 is 1.94 bits per heavy atom. The van der Waals surface area contributed by atoms with Crippen molar-refractivity contribution in [1.82, 2.24) is 25.2 Å². The van der Waals surface area contributed by atoms with Crippen LogP contribution in [0, 0.1) is 0 Å². The van der Waals surface area contributed by atoms with Crippen LogP contribution in [0.15, 0.2) is 35.3 Å². The first-order chi connectivity index (χ1) is 17.0. The van der Waals surface area contributed by atoms with Gasteiger partial charge in [-0.2, -0.15) is 0 Å². The van der Waals surface area contributed by atoms with Gasteiger partial charge in [0.2, 0.25) is 5.88 Å². The molecule has 0 bridgehead atoms. The lowest BCUT2D eigenvalue weighted by Gasteiger charge is -2.36. The largest absolute Gasteiger partial charge is 0.477 e. The Kier molecular flexibility index (Phi) is 7.97. The van der Waals surface area contributed by atoms with Crippen LogP contribution < -0.4 is 20.5 Å². The molecule has 1 aliphatic rings. The summed E-state index contributed by atoms with van der Waals surface area (Å²) in [7, 11) is 1.60. The highest BCUT2D eigenvalue weighted by Crippen LogP contribution is 2.24. The third-order valence-corrected chi connectivity index (χ3v) is 6.40. The van der Waals surface area contributed by atoms with Gasteiger partial charge in [-0.15, -0.1) is 0 Å². The van der Waals surface area contributed by atoms with Gasteiger partial charge in [-0.05, 0) is 37.1 Å². The number of ether oxygens (including phenoxy) is 1. The molecule has 4 rings (SSSR count). The molecule has 1 saturated heterocycles. The molecule has 35 heavy (non-hydrogen) atoms. The number of hydrogen-bond donors (Lipinski definition) is 2. The molecule has 0 aliphatic carbocycles. The highest BCUT2D eigenvalue weighted by Gasteiger charge is 2.20. The van der Waals surface area contributed by atoms with Crippen molar-refractivity contribution in [3.63, 3.8) is 0 Å². The van der Waals surface area contributed by atoms with Crippen molar-refractivity contribution in [2.24, 2.45) is 0 Å². The third kappa shape index (κ3) is 5.79. The fourth-order valence-electron chi connectivity index (χ4n) is 4.25. The molecular weight excluding hydrogens is 444 g/mol. The van der Waals surface area contributed by atoms with E-state index in [4.69, 9.17) is 9.72 Å². The highest BCUT2D eigenvalue weighted by molar-refractivity contribution is 5.92. The Morgan fingerprint density at radius 1 is 1.14 bits per heavy atom. The van der Waals surface area contributed by atoms with Crippen molar-refractivity contribution >= 4 is 22.6 Å². The van der Waals surface area contributed by atoms with Crippen LogP contribution in [0.3, 0.4) is 0 Å². The smallest absolute Gasteiger partial charge is 0.269 e. The SMILES string of the molecule is CCCCOc1nc2cc(CC)c(=O)[nH]c2cc1CN1CCN(c2ccc(C(=O)NC)nc2)CC1. The molecule has 3 aromatic heterocycles. The summed E-state index contributed by atoms with van der Waals surface area (Å²) < 4.78 is 6.08. The lowest BCUT2D eigenvalue weighted by atomic mass is 10.1. The van der Waals surface area contributed by atoms with Crippen LogP contribution in [-0.2, 0) is 13.0 Å². The second kappa shape index (κ2) is 11.3. The number of carbonyl (C=O) groups excluding carboxylic acids is 1. The van der Waals surface area contributed by atoms with Crippen molar-refractivity contribution in [2.45, 2.75) is 39.7 Å². The number of pyridine rings is 3. The number of aromatic amines is 1. The summed E-state index contributed by atoms with van der Waals surface area (Å²) in [5.41, 5.74) is 4.58. The minimum atomic E-state index is -0.186. The lowest BCUT2D eigenvalue weighted by molar-refractivity contribution is 0.0958. The maximum absolute atomic E-state index is 12.3. The van der Waals surface area contributed by atoms with Crippen molar-refractivity contribution in [1.29, 1.82) is 0 Å². The van der Waals surface area contributed by atoms with Crippen molar-refractivity contribution < 1.29 is 9.53 Å². The maximum Gasteiger partial charge on any atom is 0.269 e. The number of amides is 1. The van der Waals surface area contributed by atoms with E-state index in [-0.39, 0.29) is 11.5 Å². The predicted molar refractivity (Wildman–Crippen MR) is 137 cm³/mol. The zero-order valence-corrected chi connectivity index (χ0v) is 20.8. The molecule has 2 N–H and O–H groups in total. The molecule has 9 nitrogen and oxygen atoms in total. The number of piperazine rings is 1. The number of fused-ring (bicyclic) bond motifs is 1. The van der Waals surface area contributed by atoms with Crippen LogP contribution in [-0.4, -0.2) is 65.6 Å². The van der Waals surface area contributed by atoms with Gasteiger partial charge >= 0.3 is 0 Å². The van der Waals surface area contributed by atoms with E-state index >= 15 is 0 Å². The Bertz CT molecular complexity index is 1220. The molecule has 0 radical (unpaired) electrons. The van der Waals surface area contributed by atoms with Crippen LogP contribution in [0.25, 0.3) is 11.0 Å². The third-order valence-electron chi connectivity index (χ3n) is 6.40. The lowest BCUT2D eigenvalue weighted by Crippen LogP contribution is -2.46. The van der Waals surface area contributed by atoms with E-state index in [1.54, 1.807) is 19.3 Å². The summed E-state index contributed by atoms with van der Waals surface area (Å²) in [6, 6.07) is 7.58. The van der Waals surface area contributed by atoms with E-state index < -0.39 is 0 Å². The maximum atomic E-state index is 12.3. The number of aromatic nitrogens is 3. The molecule has 0 aromatic carbocycles. The van der Waals surface area contributed by atoms with E-state index in [0.29, 0.717) is 31.1 Å². The second-order valence-electron chi connectivity index (χ2n) is 8.81. The molecule has 0 spiro atoms. The minimum Gasteiger partial charge on any atom is -0.477 e. The average molecular weight is 479 g/mol. The standard InChI is InChI=1S/C26H34N6O3/c1-4-6-13-35-26-19(15-22-23(30-26)14-18(5-2)24(33)29-22)17-31-9-11-32(12-10-31)20-7-8-21(28-16-20)25(34)27-3/h7-8,14-16H,4-6,9-13,17H2,1-3H3,(H,27,34)(H,29,33). The Balaban J connectivity index is 1.48. The monoisotopic (exact) mass is 478 g/mol. The number of nitrogens with zero attached hydrogens (tertiary/aromatic N) is 4. The molecule has 3 aromatic rings. The minimum absolute atomic E-state index is 0.0583. The number of H-pyrrole nitrogens is 1. The second-order valence-corrected chi connectivity index (χ2v) is 8.81. The Morgan fingerprint density at radius 3 is 2.60 bits per heavy atom. The Hall–Kier alpha value is -3.46. The summed E-state index contributed by atoms with van der Waals surface area (Å²) in [5.74, 6) is 0.464. The fourth-order valence-corrected chi connectivity index (χ4v) is 4.25. The average Bonchev–Trinajstić information content (AvgIpc) is 2.89. The van der Waals surface area contributed by atoms with Gasteiger partial charge < -0.3 is 19.9 Å². The van der Waals surface area contributed by atoms with Gasteiger partial charge in [0, 0.05) is 50.9 Å². The van der Waals surface area contributed by atoms with Gasteiger partial charge in [-0.25, -0.2) is 9.97 Å². The van der Waals surface area contributed by atoms with Crippen LogP contribution in [0.1, 0.15) is 48.3 Å². The van der Waals surface area contributed by atoms with E-state index in [0.717, 1.165) is 66.9 Å². The van der Waals surface area contributed by atoms with Crippen molar-refractivity contribution in [2.75, 3.05) is 44.7 Å². The summed E-state index contributed by atoms with van der Waals surface area (Å²) in [4.78, 5) is 40.8. The van der Waals surface area contributed by atoms with E-state index in [1.807, 2.05) is 25.1 Å². The molecule has 0 atom stereocenters. The molecule has 1 amide bonds. The molecule has 1 aliphatic heterocycles. The number of rotatable bonds is 9. The summed E-state index contributed by atoms with van der Waals surface area (Å²) in [5, 5.41) is 2.59. The Labute approximate surface area is 205 Å². The molecule has 0 saturated carbocycles. The number of unbranched alkanes of at least 4 members (excludes halogenated alkanes) is 1. The molecular formula is C26H34N6O3. The van der Waals surface area contributed by atoms with Gasteiger partial charge in [-0.3, -0.25) is 14.5 Å². The van der Waals surface area contributed by atoms with Crippen LogP contribution in [0.2, 0.25) is 0 Å². The van der Waals surface area contributed by atoms with Gasteiger partial charge in [-0.1, -0.05) is 20.3 Å². The van der Waals surface area contributed by atoms with Gasteiger partial charge in [0.15, 0.2) is 0 Å². The van der Waals surface area contributed by atoms with Crippen LogP contribution in [0.4, 0.5) is 5.69 Å². The summed E-state index contributed by atoms with van der Waals surface area (Å²) >= 11 is 0. The molecule has 9 heteroatoms. The van der Waals surface area contributed by atoms with Gasteiger partial charge in [0.1, 0.15) is 5.69 Å². The number of nitrogens with one attached hydrogen (secondary N) is 2. The zero-order valence-electron chi connectivity index (χ0n) is 20.8. The van der Waals surface area contributed by atoms with E-state index in [2.05, 4.69) is 32.0 Å². The summed E-state index contributed by atoms with van der Waals surface area (Å²) in [6.45, 7) is 8.87. The van der Waals surface area contributed by atoms with E-state index in [1.165, 1.54) is 0 Å². The van der Waals surface area contributed by atoms with Gasteiger partial charge in [0.25, 0.3) is 11.5 Å². The van der Waals surface area contributed by atoms with E-state index in [9.17, 15) is 9.59 Å². The number of anilines is 1. The molecule has 1 fully saturated rings. The number of carbonyl (C=O) groups is 1. The molecule has 0 unspecified atom stereocenters. The van der Waals surface area contributed by atoms with Crippen LogP contribution >= 0.6 is 0 Å². The first-order valence-electron chi connectivity index (χ1n) is 12.4. The molecule has 186 valence electrons. The van der Waals surface area contributed by atoms with Crippen molar-refractivity contribution in [3.05, 3.63) is 57.6 Å². The number of aryl methyl sites for hydroxylation is 1. The topological polar surface area (TPSA) is 103 Å². The summed E-state index contributed by atoms with van der Waals surface area (Å²) in [6.07, 6.45) is 4.44. The first-order valence-corrected chi connectivity index (χ1v) is 12.4. The predicted octanol–water partition coefficient (Wildman–Crippen LogP) is 2.74. The normalized spacial score (nSPS) is 14.3.